The van der Waals surface area contributed by atoms with Crippen LogP contribution in [0.5, 0.6) is 23.0 Å². The van der Waals surface area contributed by atoms with Gasteiger partial charge in [-0.2, -0.15) is 0 Å². The standard InChI is InChI=1S/C23H28O5/c1-23(2,3)17-12-15(9-11-19(17)25-4)8-10-18(24)16-13-20(26-5)22(28-7)21(14-16)27-6/h8-14H,1-7H3/b10-8+. The molecule has 0 amide bonds. The third-order valence-corrected chi connectivity index (χ3v) is 4.41. The minimum atomic E-state index is -0.160. The van der Waals surface area contributed by atoms with Crippen LogP contribution in [0.1, 0.15) is 42.3 Å². The van der Waals surface area contributed by atoms with Gasteiger partial charge in [0.1, 0.15) is 5.75 Å². The Hall–Kier alpha value is -2.95. The molecule has 2 aromatic rings. The number of ketones is 1. The van der Waals surface area contributed by atoms with Gasteiger partial charge in [0, 0.05) is 11.1 Å². The van der Waals surface area contributed by atoms with E-state index in [-0.39, 0.29) is 11.2 Å². The Kier molecular flexibility index (Phi) is 6.73. The van der Waals surface area contributed by atoms with Gasteiger partial charge in [-0.1, -0.05) is 32.9 Å². The number of carbonyl (C=O) groups excluding carboxylic acids is 1. The monoisotopic (exact) mass is 384 g/mol. The van der Waals surface area contributed by atoms with Crippen LogP contribution in [-0.4, -0.2) is 34.2 Å². The number of ether oxygens (including phenoxy) is 4. The van der Waals surface area contributed by atoms with Gasteiger partial charge in [-0.3, -0.25) is 4.79 Å². The number of allylic oxidation sites excluding steroid dienone is 1. The smallest absolute Gasteiger partial charge is 0.203 e. The van der Waals surface area contributed by atoms with Crippen LogP contribution in [0.4, 0.5) is 0 Å². The molecule has 0 radical (unpaired) electrons. The zero-order valence-corrected chi connectivity index (χ0v) is 17.6. The fraction of sp³-hybridized carbons (Fsp3) is 0.348. The minimum absolute atomic E-state index is 0.0735. The number of hydrogen-bond donors (Lipinski definition) is 0. The van der Waals surface area contributed by atoms with Crippen molar-refractivity contribution in [2.24, 2.45) is 0 Å². The second-order valence-electron chi connectivity index (χ2n) is 7.32. The van der Waals surface area contributed by atoms with Crippen molar-refractivity contribution >= 4 is 11.9 Å². The summed E-state index contributed by atoms with van der Waals surface area (Å²) in [5, 5.41) is 0. The molecule has 0 saturated heterocycles. The van der Waals surface area contributed by atoms with E-state index in [2.05, 4.69) is 20.8 Å². The van der Waals surface area contributed by atoms with Crippen LogP contribution in [0.25, 0.3) is 6.08 Å². The molecule has 150 valence electrons. The summed E-state index contributed by atoms with van der Waals surface area (Å²) in [6.07, 6.45) is 3.33. The van der Waals surface area contributed by atoms with Gasteiger partial charge in [0.25, 0.3) is 0 Å². The fourth-order valence-electron chi connectivity index (χ4n) is 2.91. The van der Waals surface area contributed by atoms with Gasteiger partial charge >= 0.3 is 0 Å². The fourth-order valence-corrected chi connectivity index (χ4v) is 2.91. The Balaban J connectivity index is 2.36. The van der Waals surface area contributed by atoms with Crippen molar-refractivity contribution in [1.82, 2.24) is 0 Å². The first-order valence-corrected chi connectivity index (χ1v) is 8.96. The molecular formula is C23H28O5. The summed E-state index contributed by atoms with van der Waals surface area (Å²) in [6, 6.07) is 9.17. The SMILES string of the molecule is COc1ccc(/C=C/C(=O)c2cc(OC)c(OC)c(OC)c2)cc1C(C)(C)C. The van der Waals surface area contributed by atoms with E-state index >= 15 is 0 Å². The van der Waals surface area contributed by atoms with E-state index in [1.807, 2.05) is 18.2 Å². The molecule has 0 unspecified atom stereocenters. The zero-order chi connectivity index (χ0) is 20.9. The average Bonchev–Trinajstić information content (AvgIpc) is 2.69. The third kappa shape index (κ3) is 4.66. The van der Waals surface area contributed by atoms with E-state index in [0.717, 1.165) is 16.9 Å². The topological polar surface area (TPSA) is 54.0 Å². The predicted molar refractivity (Wildman–Crippen MR) is 111 cm³/mol. The van der Waals surface area contributed by atoms with E-state index in [4.69, 9.17) is 18.9 Å². The van der Waals surface area contributed by atoms with Crippen molar-refractivity contribution in [2.75, 3.05) is 28.4 Å². The van der Waals surface area contributed by atoms with Crippen LogP contribution in [0.3, 0.4) is 0 Å². The number of hydrogen-bond acceptors (Lipinski definition) is 5. The quantitative estimate of drug-likeness (QED) is 0.501. The van der Waals surface area contributed by atoms with Gasteiger partial charge in [-0.15, -0.1) is 0 Å². The molecule has 5 nitrogen and oxygen atoms in total. The molecule has 0 fully saturated rings. The van der Waals surface area contributed by atoms with Gasteiger partial charge in [-0.05, 0) is 41.3 Å². The third-order valence-electron chi connectivity index (χ3n) is 4.41. The lowest BCUT2D eigenvalue weighted by atomic mass is 9.85. The normalized spacial score (nSPS) is 11.4. The average molecular weight is 384 g/mol. The van der Waals surface area contributed by atoms with E-state index in [9.17, 15) is 4.79 Å². The first-order chi connectivity index (χ1) is 13.2. The maximum atomic E-state index is 12.7. The van der Waals surface area contributed by atoms with Gasteiger partial charge in [0.05, 0.1) is 28.4 Å². The molecule has 0 aliphatic heterocycles. The minimum Gasteiger partial charge on any atom is -0.496 e. The zero-order valence-electron chi connectivity index (χ0n) is 17.6. The molecule has 2 aromatic carbocycles. The van der Waals surface area contributed by atoms with Crippen LogP contribution in [-0.2, 0) is 5.41 Å². The molecule has 28 heavy (non-hydrogen) atoms. The van der Waals surface area contributed by atoms with Crippen molar-refractivity contribution in [2.45, 2.75) is 26.2 Å². The summed E-state index contributed by atoms with van der Waals surface area (Å²) in [4.78, 5) is 12.7. The second-order valence-corrected chi connectivity index (χ2v) is 7.32. The van der Waals surface area contributed by atoms with Gasteiger partial charge in [0.15, 0.2) is 17.3 Å². The highest BCUT2D eigenvalue weighted by Gasteiger charge is 2.19. The van der Waals surface area contributed by atoms with Crippen LogP contribution < -0.4 is 18.9 Å². The lowest BCUT2D eigenvalue weighted by Crippen LogP contribution is -2.13. The molecular weight excluding hydrogens is 356 g/mol. The van der Waals surface area contributed by atoms with Crippen LogP contribution in [0.15, 0.2) is 36.4 Å². The predicted octanol–water partition coefficient (Wildman–Crippen LogP) is 4.91. The van der Waals surface area contributed by atoms with Crippen molar-refractivity contribution in [3.8, 4) is 23.0 Å². The molecule has 0 N–H and O–H groups in total. The summed E-state index contributed by atoms with van der Waals surface area (Å²) in [7, 11) is 6.23. The number of methoxy groups -OCH3 is 4. The first-order valence-electron chi connectivity index (χ1n) is 8.96. The molecule has 0 aliphatic rings. The van der Waals surface area contributed by atoms with Crippen molar-refractivity contribution in [3.63, 3.8) is 0 Å². The Morgan fingerprint density at radius 2 is 1.39 bits per heavy atom. The summed E-state index contributed by atoms with van der Waals surface area (Å²) in [5.41, 5.74) is 2.38. The molecule has 0 bridgehead atoms. The van der Waals surface area contributed by atoms with E-state index in [1.165, 1.54) is 27.4 Å². The summed E-state index contributed by atoms with van der Waals surface area (Å²) in [5.74, 6) is 2.01. The highest BCUT2D eigenvalue weighted by atomic mass is 16.5. The lowest BCUT2D eigenvalue weighted by molar-refractivity contribution is 0.104. The summed E-state index contributed by atoms with van der Waals surface area (Å²) < 4.78 is 21.4. The summed E-state index contributed by atoms with van der Waals surface area (Å²) >= 11 is 0. The number of benzene rings is 2. The van der Waals surface area contributed by atoms with Crippen LogP contribution in [0.2, 0.25) is 0 Å². The molecule has 5 heteroatoms. The van der Waals surface area contributed by atoms with Crippen molar-refractivity contribution in [3.05, 3.63) is 53.1 Å². The maximum Gasteiger partial charge on any atom is 0.203 e. The lowest BCUT2D eigenvalue weighted by Gasteiger charge is -2.22. The molecule has 2 rings (SSSR count). The Morgan fingerprint density at radius 1 is 0.821 bits per heavy atom. The first kappa shape index (κ1) is 21.4. The van der Waals surface area contributed by atoms with Crippen LogP contribution >= 0.6 is 0 Å². The second kappa shape index (κ2) is 8.83. The van der Waals surface area contributed by atoms with E-state index < -0.39 is 0 Å². The highest BCUT2D eigenvalue weighted by molar-refractivity contribution is 6.07. The molecule has 0 atom stereocenters. The van der Waals surface area contributed by atoms with Gasteiger partial charge < -0.3 is 18.9 Å². The van der Waals surface area contributed by atoms with Crippen molar-refractivity contribution in [1.29, 1.82) is 0 Å². The van der Waals surface area contributed by atoms with E-state index in [0.29, 0.717) is 22.8 Å². The van der Waals surface area contributed by atoms with Crippen LogP contribution in [0, 0.1) is 0 Å². The Labute approximate surface area is 166 Å². The summed E-state index contributed by atoms with van der Waals surface area (Å²) in [6.45, 7) is 6.37. The molecule has 0 aromatic heterocycles. The Bertz CT molecular complexity index is 850. The van der Waals surface area contributed by atoms with E-state index in [1.54, 1.807) is 25.3 Å². The van der Waals surface area contributed by atoms with Gasteiger partial charge in [0.2, 0.25) is 5.75 Å². The maximum absolute atomic E-state index is 12.7. The molecule has 0 heterocycles. The van der Waals surface area contributed by atoms with Crippen molar-refractivity contribution < 1.29 is 23.7 Å². The molecule has 0 aliphatic carbocycles. The Morgan fingerprint density at radius 3 is 1.86 bits per heavy atom. The van der Waals surface area contributed by atoms with Gasteiger partial charge in [-0.25, -0.2) is 0 Å². The largest absolute Gasteiger partial charge is 0.496 e. The molecule has 0 spiro atoms. The molecule has 0 saturated carbocycles. The highest BCUT2D eigenvalue weighted by Crippen LogP contribution is 2.38. The number of rotatable bonds is 7. The number of carbonyl (C=O) groups is 1.